The van der Waals surface area contributed by atoms with Gasteiger partial charge in [-0.2, -0.15) is 0 Å². The first kappa shape index (κ1) is 12.8. The summed E-state index contributed by atoms with van der Waals surface area (Å²) in [6.07, 6.45) is 4.35. The van der Waals surface area contributed by atoms with Gasteiger partial charge in [-0.1, -0.05) is 84.9 Å². The Morgan fingerprint density at radius 1 is 0.409 bits per heavy atom. The van der Waals surface area contributed by atoms with Gasteiger partial charge in [-0.05, 0) is 44.8 Å². The van der Waals surface area contributed by atoms with E-state index in [1.54, 1.807) is 0 Å². The van der Waals surface area contributed by atoms with Crippen molar-refractivity contribution in [3.05, 3.63) is 96.1 Å². The fourth-order valence-corrected chi connectivity index (χ4v) is 2.82. The third-order valence-electron chi connectivity index (χ3n) is 4.02. The van der Waals surface area contributed by atoms with E-state index in [1.807, 2.05) is 0 Å². The van der Waals surface area contributed by atoms with Crippen LogP contribution in [0.1, 0.15) is 11.1 Å². The van der Waals surface area contributed by atoms with Crippen LogP contribution in [0, 0.1) is 0 Å². The summed E-state index contributed by atoms with van der Waals surface area (Å²) in [5, 5.41) is 5.13. The molecule has 0 atom stereocenters. The van der Waals surface area contributed by atoms with Crippen LogP contribution in [0.2, 0.25) is 0 Å². The molecule has 0 spiro atoms. The first-order chi connectivity index (χ1) is 10.9. The third-order valence-corrected chi connectivity index (χ3v) is 4.02. The molecule has 0 radical (unpaired) electrons. The van der Waals surface area contributed by atoms with Crippen molar-refractivity contribution in [2.75, 3.05) is 0 Å². The van der Waals surface area contributed by atoms with Gasteiger partial charge in [0.25, 0.3) is 0 Å². The highest BCUT2D eigenvalue weighted by Gasteiger charge is 1.95. The Morgan fingerprint density at radius 3 is 1.27 bits per heavy atom. The van der Waals surface area contributed by atoms with Gasteiger partial charge in [0, 0.05) is 0 Å². The summed E-state index contributed by atoms with van der Waals surface area (Å²) >= 11 is 0. The van der Waals surface area contributed by atoms with Gasteiger partial charge in [-0.15, -0.1) is 0 Å². The molecule has 0 aliphatic carbocycles. The van der Waals surface area contributed by atoms with Crippen LogP contribution in [0.3, 0.4) is 0 Å². The highest BCUT2D eigenvalue weighted by atomic mass is 14.0. The van der Waals surface area contributed by atoms with Crippen molar-refractivity contribution in [3.8, 4) is 0 Å². The van der Waals surface area contributed by atoms with Crippen LogP contribution in [-0.4, -0.2) is 0 Å². The molecule has 0 N–H and O–H groups in total. The van der Waals surface area contributed by atoms with Crippen LogP contribution < -0.4 is 0 Å². The molecule has 0 unspecified atom stereocenters. The number of benzene rings is 4. The van der Waals surface area contributed by atoms with Gasteiger partial charge in [0.05, 0.1) is 0 Å². The topological polar surface area (TPSA) is 0 Å². The fraction of sp³-hybridized carbons (Fsp3) is 0. The molecule has 0 nitrogen and oxygen atoms in total. The molecule has 0 saturated carbocycles. The van der Waals surface area contributed by atoms with Gasteiger partial charge in [0.2, 0.25) is 0 Å². The van der Waals surface area contributed by atoms with Gasteiger partial charge < -0.3 is 0 Å². The minimum Gasteiger partial charge on any atom is -0.0616 e. The molecule has 4 rings (SSSR count). The molecule has 0 bridgehead atoms. The zero-order chi connectivity index (χ0) is 14.8. The van der Waals surface area contributed by atoms with Crippen molar-refractivity contribution in [3.63, 3.8) is 0 Å². The summed E-state index contributed by atoms with van der Waals surface area (Å²) in [4.78, 5) is 0. The monoisotopic (exact) mass is 280 g/mol. The van der Waals surface area contributed by atoms with E-state index in [2.05, 4.69) is 97.1 Å². The van der Waals surface area contributed by atoms with Crippen molar-refractivity contribution >= 4 is 33.7 Å². The zero-order valence-electron chi connectivity index (χ0n) is 12.2. The average molecular weight is 280 g/mol. The second-order valence-electron chi connectivity index (χ2n) is 5.55. The van der Waals surface area contributed by atoms with Crippen LogP contribution in [-0.2, 0) is 0 Å². The Kier molecular flexibility index (Phi) is 3.21. The largest absolute Gasteiger partial charge is 0.0616 e. The Balaban J connectivity index is 1.68. The molecule has 0 aliphatic heterocycles. The van der Waals surface area contributed by atoms with Crippen molar-refractivity contribution in [1.82, 2.24) is 0 Å². The number of fused-ring (bicyclic) bond motifs is 2. The number of hydrogen-bond acceptors (Lipinski definition) is 0. The van der Waals surface area contributed by atoms with Crippen molar-refractivity contribution in [1.29, 1.82) is 0 Å². The van der Waals surface area contributed by atoms with Gasteiger partial charge >= 0.3 is 0 Å². The lowest BCUT2D eigenvalue weighted by molar-refractivity contribution is 1.69. The zero-order valence-corrected chi connectivity index (χ0v) is 12.2. The molecule has 0 amide bonds. The van der Waals surface area contributed by atoms with Crippen molar-refractivity contribution < 1.29 is 0 Å². The quantitative estimate of drug-likeness (QED) is 0.385. The summed E-state index contributed by atoms with van der Waals surface area (Å²) in [5.74, 6) is 0. The third kappa shape index (κ3) is 2.51. The lowest BCUT2D eigenvalue weighted by Gasteiger charge is -2.01. The maximum absolute atomic E-state index is 2.23. The second kappa shape index (κ2) is 5.50. The molecule has 104 valence electrons. The standard InChI is InChI=1S/C22H16/c1-3-7-21-15-17(11-13-19(21)5-1)9-10-18-12-14-20-6-2-4-8-22(20)16-18/h1-16H. The molecular weight excluding hydrogens is 264 g/mol. The van der Waals surface area contributed by atoms with E-state index in [0.717, 1.165) is 0 Å². The molecule has 0 heteroatoms. The van der Waals surface area contributed by atoms with E-state index >= 15 is 0 Å². The predicted molar refractivity (Wildman–Crippen MR) is 96.8 cm³/mol. The first-order valence-corrected chi connectivity index (χ1v) is 7.54. The maximum atomic E-state index is 2.23. The molecule has 0 heterocycles. The van der Waals surface area contributed by atoms with Gasteiger partial charge in [-0.25, -0.2) is 0 Å². The van der Waals surface area contributed by atoms with Gasteiger partial charge in [0.15, 0.2) is 0 Å². The minimum atomic E-state index is 1.23. The molecule has 0 fully saturated rings. The highest BCUT2D eigenvalue weighted by Crippen LogP contribution is 2.19. The second-order valence-corrected chi connectivity index (χ2v) is 5.55. The van der Waals surface area contributed by atoms with Crippen LogP contribution >= 0.6 is 0 Å². The molecular formula is C22H16. The number of rotatable bonds is 2. The highest BCUT2D eigenvalue weighted by molar-refractivity contribution is 5.88. The summed E-state index contributed by atoms with van der Waals surface area (Å²) in [5.41, 5.74) is 2.46. The number of hydrogen-bond donors (Lipinski definition) is 0. The summed E-state index contributed by atoms with van der Waals surface area (Å²) in [6.45, 7) is 0. The van der Waals surface area contributed by atoms with E-state index in [0.29, 0.717) is 0 Å². The Hall–Kier alpha value is -2.86. The molecule has 4 aromatic carbocycles. The van der Waals surface area contributed by atoms with E-state index in [9.17, 15) is 0 Å². The Bertz CT molecular complexity index is 896. The summed E-state index contributed by atoms with van der Waals surface area (Å²) < 4.78 is 0. The van der Waals surface area contributed by atoms with E-state index < -0.39 is 0 Å². The molecule has 0 aliphatic rings. The fourth-order valence-electron chi connectivity index (χ4n) is 2.82. The minimum absolute atomic E-state index is 1.23. The maximum Gasteiger partial charge on any atom is -0.0178 e. The van der Waals surface area contributed by atoms with Gasteiger partial charge in [0.1, 0.15) is 0 Å². The molecule has 0 saturated heterocycles. The van der Waals surface area contributed by atoms with Crippen LogP contribution in [0.25, 0.3) is 33.7 Å². The summed E-state index contributed by atoms with van der Waals surface area (Å²) in [7, 11) is 0. The van der Waals surface area contributed by atoms with Crippen molar-refractivity contribution in [2.24, 2.45) is 0 Å². The van der Waals surface area contributed by atoms with E-state index in [4.69, 9.17) is 0 Å². The molecule has 4 aromatic rings. The first-order valence-electron chi connectivity index (χ1n) is 7.54. The SMILES string of the molecule is C(=Cc1ccc2ccccc2c1)c1ccc2ccccc2c1. The lowest BCUT2D eigenvalue weighted by atomic mass is 10.0. The Morgan fingerprint density at radius 2 is 0.818 bits per heavy atom. The van der Waals surface area contributed by atoms with Crippen molar-refractivity contribution in [2.45, 2.75) is 0 Å². The lowest BCUT2D eigenvalue weighted by Crippen LogP contribution is -1.77. The Labute approximate surface area is 130 Å². The molecule has 22 heavy (non-hydrogen) atoms. The van der Waals surface area contributed by atoms with E-state index in [1.165, 1.54) is 32.7 Å². The van der Waals surface area contributed by atoms with E-state index in [-0.39, 0.29) is 0 Å². The van der Waals surface area contributed by atoms with Crippen LogP contribution in [0.15, 0.2) is 84.9 Å². The smallest absolute Gasteiger partial charge is 0.0178 e. The average Bonchev–Trinajstić information content (AvgIpc) is 2.59. The molecule has 0 aromatic heterocycles. The normalized spacial score (nSPS) is 11.5. The van der Waals surface area contributed by atoms with Crippen LogP contribution in [0.4, 0.5) is 0 Å². The van der Waals surface area contributed by atoms with Crippen LogP contribution in [0.5, 0.6) is 0 Å². The van der Waals surface area contributed by atoms with Gasteiger partial charge in [-0.3, -0.25) is 0 Å². The summed E-state index contributed by atoms with van der Waals surface area (Å²) in [6, 6.07) is 30.1. The predicted octanol–water partition coefficient (Wildman–Crippen LogP) is 6.16.